The maximum absolute atomic E-state index is 14.0. The molecule has 0 saturated heterocycles. The number of rotatable bonds is 8. The molecule has 8 rings (SSSR count). The average Bonchev–Trinajstić information content (AvgIpc) is 3.21. The summed E-state index contributed by atoms with van der Waals surface area (Å²) in [5.74, 6) is -0.207. The van der Waals surface area contributed by atoms with Crippen LogP contribution in [0.2, 0.25) is 0 Å². The van der Waals surface area contributed by atoms with E-state index in [9.17, 15) is 9.50 Å². The van der Waals surface area contributed by atoms with Crippen molar-refractivity contribution in [2.24, 2.45) is 0 Å². The summed E-state index contributed by atoms with van der Waals surface area (Å²) < 4.78 is 14.0. The first-order valence-electron chi connectivity index (χ1n) is 17.7. The van der Waals surface area contributed by atoms with Crippen LogP contribution in [0.3, 0.4) is 0 Å². The molecule has 8 aromatic rings. The first-order chi connectivity index (χ1) is 25.9. The van der Waals surface area contributed by atoms with E-state index < -0.39 is 0 Å². The molecule has 1 unspecified atom stereocenters. The number of aryl methyl sites for hydroxylation is 1. The van der Waals surface area contributed by atoms with Gasteiger partial charge in [0.25, 0.3) is 0 Å². The van der Waals surface area contributed by atoms with Gasteiger partial charge in [-0.3, -0.25) is 9.97 Å². The summed E-state index contributed by atoms with van der Waals surface area (Å²) in [4.78, 5) is 14.7. The van der Waals surface area contributed by atoms with Crippen LogP contribution in [0.5, 0.6) is 5.75 Å². The molecule has 0 bridgehead atoms. The van der Waals surface area contributed by atoms with Crippen LogP contribution in [-0.4, -0.2) is 20.1 Å². The van der Waals surface area contributed by atoms with E-state index in [-0.39, 0.29) is 17.5 Å². The number of aromatic hydroxyl groups is 1. The largest absolute Gasteiger partial charge is 0.506 e. The molecule has 4 nitrogen and oxygen atoms in total. The average molecular weight is 690 g/mol. The quantitative estimate of drug-likeness (QED) is 0.173. The number of aromatic nitrogens is 3. The molecule has 5 aromatic carbocycles. The summed E-state index contributed by atoms with van der Waals surface area (Å²) in [5.41, 5.74) is 13.4. The summed E-state index contributed by atoms with van der Waals surface area (Å²) in [6.45, 7) is 4.31. The van der Waals surface area contributed by atoms with Gasteiger partial charge in [-0.15, -0.1) is 0 Å². The Morgan fingerprint density at radius 2 is 1.15 bits per heavy atom. The molecule has 3 heterocycles. The zero-order valence-electron chi connectivity index (χ0n) is 29.4. The fraction of sp³-hybridized carbons (Fsp3) is 0.0625. The molecule has 0 aliphatic heterocycles. The monoisotopic (exact) mass is 689 g/mol. The Balaban J connectivity index is 1.29. The lowest BCUT2D eigenvalue weighted by molar-refractivity contribution is 0.475. The second-order valence-corrected chi connectivity index (χ2v) is 13.3. The summed E-state index contributed by atoms with van der Waals surface area (Å²) in [6, 6.07) is 51.4. The van der Waals surface area contributed by atoms with Gasteiger partial charge in [0.05, 0.1) is 17.1 Å². The maximum atomic E-state index is 14.0. The second kappa shape index (κ2) is 14.5. The summed E-state index contributed by atoms with van der Waals surface area (Å²) in [7, 11) is 0. The van der Waals surface area contributed by atoms with Gasteiger partial charge in [0.15, 0.2) is 0 Å². The van der Waals surface area contributed by atoms with Gasteiger partial charge in [-0.1, -0.05) is 122 Å². The van der Waals surface area contributed by atoms with E-state index in [4.69, 9.17) is 15.0 Å². The van der Waals surface area contributed by atoms with Crippen LogP contribution in [0.4, 0.5) is 4.39 Å². The predicted octanol–water partition coefficient (Wildman–Crippen LogP) is 12.2. The fourth-order valence-corrected chi connectivity index (χ4v) is 6.79. The Morgan fingerprint density at radius 1 is 0.528 bits per heavy atom. The molecular weight excluding hydrogens is 654 g/mol. The smallest absolute Gasteiger partial charge is 0.144 e. The zero-order chi connectivity index (χ0) is 36.3. The molecule has 0 saturated carbocycles. The number of halogens is 1. The minimum atomic E-state index is -0.313. The highest BCUT2D eigenvalue weighted by Gasteiger charge is 2.19. The summed E-state index contributed by atoms with van der Waals surface area (Å²) in [5, 5.41) is 11.3. The van der Waals surface area contributed by atoms with Gasteiger partial charge in [-0.05, 0) is 94.4 Å². The Bertz CT molecular complexity index is 2530. The summed E-state index contributed by atoms with van der Waals surface area (Å²) >= 11 is 0. The third-order valence-corrected chi connectivity index (χ3v) is 9.76. The Morgan fingerprint density at radius 3 is 1.89 bits per heavy atom. The van der Waals surface area contributed by atoms with Crippen molar-refractivity contribution in [3.63, 3.8) is 0 Å². The number of nitrogens with zero attached hydrogens (tertiary/aromatic N) is 3. The van der Waals surface area contributed by atoms with Crippen molar-refractivity contribution in [2.75, 3.05) is 0 Å². The zero-order valence-corrected chi connectivity index (χ0v) is 29.4. The van der Waals surface area contributed by atoms with Crippen LogP contribution in [0, 0.1) is 12.7 Å². The predicted molar refractivity (Wildman–Crippen MR) is 213 cm³/mol. The molecule has 1 N–H and O–H groups in total. The molecule has 53 heavy (non-hydrogen) atoms. The molecule has 5 heteroatoms. The lowest BCUT2D eigenvalue weighted by Crippen LogP contribution is -2.01. The van der Waals surface area contributed by atoms with E-state index in [0.717, 1.165) is 55.8 Å². The van der Waals surface area contributed by atoms with Gasteiger partial charge in [0.2, 0.25) is 0 Å². The molecule has 1 atom stereocenters. The number of hydrogen-bond acceptors (Lipinski definition) is 4. The molecule has 0 aliphatic carbocycles. The van der Waals surface area contributed by atoms with Crippen molar-refractivity contribution in [3.8, 4) is 73.0 Å². The van der Waals surface area contributed by atoms with Crippen LogP contribution in [0.25, 0.3) is 67.3 Å². The Kier molecular flexibility index (Phi) is 9.14. The van der Waals surface area contributed by atoms with Gasteiger partial charge in [0.1, 0.15) is 17.3 Å². The van der Waals surface area contributed by atoms with Crippen molar-refractivity contribution in [1.82, 2.24) is 15.0 Å². The Hall–Kier alpha value is -6.72. The maximum Gasteiger partial charge on any atom is 0.144 e. The highest BCUT2D eigenvalue weighted by atomic mass is 19.1. The molecular formula is C48H36FN3O. The van der Waals surface area contributed by atoms with Crippen molar-refractivity contribution in [3.05, 3.63) is 193 Å². The minimum absolute atomic E-state index is 0.0194. The van der Waals surface area contributed by atoms with E-state index in [2.05, 4.69) is 86.6 Å². The topological polar surface area (TPSA) is 58.9 Å². The van der Waals surface area contributed by atoms with Gasteiger partial charge in [-0.2, -0.15) is 0 Å². The van der Waals surface area contributed by atoms with E-state index in [1.54, 1.807) is 24.4 Å². The van der Waals surface area contributed by atoms with Crippen molar-refractivity contribution in [2.45, 2.75) is 19.8 Å². The molecule has 0 radical (unpaired) electrons. The molecule has 0 fully saturated rings. The minimum Gasteiger partial charge on any atom is -0.506 e. The number of pyridine rings is 3. The Labute approximate surface area is 309 Å². The van der Waals surface area contributed by atoms with Crippen LogP contribution in [0.1, 0.15) is 29.5 Å². The van der Waals surface area contributed by atoms with Gasteiger partial charge in [-0.25, -0.2) is 9.37 Å². The number of hydrogen-bond donors (Lipinski definition) is 1. The van der Waals surface area contributed by atoms with Gasteiger partial charge in [0, 0.05) is 35.0 Å². The molecule has 0 amide bonds. The van der Waals surface area contributed by atoms with Crippen LogP contribution < -0.4 is 0 Å². The van der Waals surface area contributed by atoms with Crippen molar-refractivity contribution in [1.29, 1.82) is 0 Å². The molecule has 256 valence electrons. The highest BCUT2D eigenvalue weighted by Crippen LogP contribution is 2.39. The van der Waals surface area contributed by atoms with Crippen LogP contribution in [0.15, 0.2) is 170 Å². The normalized spacial score (nSPS) is 11.7. The lowest BCUT2D eigenvalue weighted by Gasteiger charge is -2.19. The summed E-state index contributed by atoms with van der Waals surface area (Å²) in [6.07, 6.45) is 3.62. The van der Waals surface area contributed by atoms with E-state index in [0.29, 0.717) is 17.1 Å². The van der Waals surface area contributed by atoms with Crippen LogP contribution >= 0.6 is 0 Å². The molecule has 0 aliphatic rings. The van der Waals surface area contributed by atoms with Gasteiger partial charge < -0.3 is 5.11 Å². The number of benzene rings is 5. The highest BCUT2D eigenvalue weighted by molar-refractivity contribution is 5.81. The second-order valence-electron chi connectivity index (χ2n) is 13.3. The van der Waals surface area contributed by atoms with E-state index in [1.807, 2.05) is 60.8 Å². The fourth-order valence-electron chi connectivity index (χ4n) is 6.79. The standard InChI is InChI=1S/C48H36FN3O/c1-31-13-15-35(16-14-31)37-23-24-50-45(26-37)43-25-38(19-22-42(43)32(2)33-9-5-3-6-10-33)44-27-39(36-17-20-41(49)21-18-36)28-46(52-44)48-47(53)29-40(30-51-48)34-11-7-4-8-12-34/h3-30,32,53H,1-2H3. The third kappa shape index (κ3) is 7.10. The first kappa shape index (κ1) is 33.4. The van der Waals surface area contributed by atoms with Gasteiger partial charge >= 0.3 is 0 Å². The first-order valence-corrected chi connectivity index (χ1v) is 17.7. The molecule has 0 spiro atoms. The van der Waals surface area contributed by atoms with Crippen molar-refractivity contribution >= 4 is 0 Å². The van der Waals surface area contributed by atoms with Crippen molar-refractivity contribution < 1.29 is 9.50 Å². The lowest BCUT2D eigenvalue weighted by atomic mass is 9.86. The SMILES string of the molecule is Cc1ccc(-c2ccnc(-c3cc(-c4cc(-c5ccc(F)cc5)cc(-c5ncc(-c6ccccc6)cc5O)n4)ccc3C(C)c3ccccc3)c2)cc1. The van der Waals surface area contributed by atoms with Crippen LogP contribution in [-0.2, 0) is 0 Å². The van der Waals surface area contributed by atoms with E-state index >= 15 is 0 Å². The third-order valence-electron chi connectivity index (χ3n) is 9.76. The van der Waals surface area contributed by atoms with E-state index in [1.165, 1.54) is 23.3 Å². The molecule has 3 aromatic heterocycles.